The number of benzene rings is 1. The van der Waals surface area contributed by atoms with Crippen LogP contribution in [0, 0.1) is 5.92 Å². The van der Waals surface area contributed by atoms with Gasteiger partial charge in [-0.2, -0.15) is 0 Å². The lowest BCUT2D eigenvalue weighted by molar-refractivity contribution is 0.138. The Morgan fingerprint density at radius 1 is 1.00 bits per heavy atom. The Hall–Kier alpha value is -0.810. The average Bonchev–Trinajstić information content (AvgIpc) is 2.61. The third-order valence-electron chi connectivity index (χ3n) is 3.76. The highest BCUT2D eigenvalue weighted by atomic mass is 35.5. The largest absolute Gasteiger partial charge is 0.490 e. The fourth-order valence-corrected chi connectivity index (χ4v) is 3.24. The number of halogens is 4. The lowest BCUT2D eigenvalue weighted by Gasteiger charge is -2.12. The molecule has 0 atom stereocenters. The molecule has 0 bridgehead atoms. The smallest absolute Gasteiger partial charge is 0.156 e. The summed E-state index contributed by atoms with van der Waals surface area (Å²) >= 11 is 23.6. The summed E-state index contributed by atoms with van der Waals surface area (Å²) in [5, 5.41) is 4.93. The first-order valence-corrected chi connectivity index (χ1v) is 11.2. The molecule has 0 aromatic heterocycles. The van der Waals surface area contributed by atoms with Gasteiger partial charge in [-0.15, -0.1) is 0 Å². The zero-order valence-corrected chi connectivity index (χ0v) is 20.2. The topological polar surface area (TPSA) is 40.0 Å². The lowest BCUT2D eigenvalue weighted by Crippen LogP contribution is -2.01. The predicted octanol–water partition coefficient (Wildman–Crippen LogP) is 8.07. The maximum absolute atomic E-state index is 6.24. The zero-order valence-electron chi connectivity index (χ0n) is 17.2. The third kappa shape index (κ3) is 12.5. The fraction of sp³-hybridized carbons (Fsp3) is 0.571. The second kappa shape index (κ2) is 15.1. The molecule has 0 aliphatic rings. The van der Waals surface area contributed by atoms with Crippen molar-refractivity contribution in [3.63, 3.8) is 0 Å². The summed E-state index contributed by atoms with van der Waals surface area (Å²) in [6, 6.07) is 3.30. The van der Waals surface area contributed by atoms with Crippen molar-refractivity contribution in [1.82, 2.24) is 0 Å². The van der Waals surface area contributed by atoms with Gasteiger partial charge in [0.15, 0.2) is 5.75 Å². The Bertz CT molecular complexity index is 651. The maximum Gasteiger partial charge on any atom is 0.156 e. The van der Waals surface area contributed by atoms with Crippen LogP contribution in [0.3, 0.4) is 0 Å². The van der Waals surface area contributed by atoms with Crippen LogP contribution < -0.4 is 9.47 Å². The minimum Gasteiger partial charge on any atom is -0.490 e. The first kappa shape index (κ1) is 26.2. The Balaban J connectivity index is 2.23. The van der Waals surface area contributed by atoms with E-state index in [9.17, 15) is 0 Å². The minimum atomic E-state index is 0.141. The number of oxime groups is 1. The van der Waals surface area contributed by atoms with E-state index in [4.69, 9.17) is 60.7 Å². The second-order valence-corrected chi connectivity index (χ2v) is 8.86. The fourth-order valence-electron chi connectivity index (χ4n) is 2.54. The van der Waals surface area contributed by atoms with E-state index in [1.807, 2.05) is 6.92 Å². The van der Waals surface area contributed by atoms with Gasteiger partial charge in [-0.25, -0.2) is 0 Å². The molecular weight excluding hydrogens is 456 g/mol. The Morgan fingerprint density at radius 2 is 1.62 bits per heavy atom. The van der Waals surface area contributed by atoms with Gasteiger partial charge < -0.3 is 14.3 Å². The Labute approximate surface area is 194 Å². The van der Waals surface area contributed by atoms with E-state index in [0.29, 0.717) is 40.7 Å². The highest BCUT2D eigenvalue weighted by Crippen LogP contribution is 2.37. The van der Waals surface area contributed by atoms with Gasteiger partial charge in [0.1, 0.15) is 23.5 Å². The number of hydrogen-bond donors (Lipinski definition) is 0. The quantitative estimate of drug-likeness (QED) is 0.152. The molecule has 0 fully saturated rings. The van der Waals surface area contributed by atoms with E-state index in [0.717, 1.165) is 37.8 Å². The van der Waals surface area contributed by atoms with E-state index >= 15 is 0 Å². The van der Waals surface area contributed by atoms with Crippen molar-refractivity contribution in [1.29, 1.82) is 0 Å². The molecule has 0 aliphatic carbocycles. The molecule has 1 aromatic carbocycles. The van der Waals surface area contributed by atoms with Crippen LogP contribution >= 0.6 is 46.4 Å². The molecule has 0 saturated heterocycles. The van der Waals surface area contributed by atoms with Crippen molar-refractivity contribution in [3.05, 3.63) is 32.7 Å². The van der Waals surface area contributed by atoms with Gasteiger partial charge in [-0.05, 0) is 51.0 Å². The molecule has 0 amide bonds. The summed E-state index contributed by atoms with van der Waals surface area (Å²) < 4.78 is 11.3. The first-order chi connectivity index (χ1) is 13.8. The molecule has 0 N–H and O–H groups in total. The van der Waals surface area contributed by atoms with Crippen LogP contribution in [0.15, 0.2) is 27.9 Å². The highest BCUT2D eigenvalue weighted by Gasteiger charge is 2.10. The first-order valence-electron chi connectivity index (χ1n) is 9.70. The van der Waals surface area contributed by atoms with Crippen LogP contribution in [0.25, 0.3) is 0 Å². The van der Waals surface area contributed by atoms with Crippen molar-refractivity contribution in [2.75, 3.05) is 19.8 Å². The number of ether oxygens (including phenoxy) is 2. The summed E-state index contributed by atoms with van der Waals surface area (Å²) in [7, 11) is 0. The molecule has 1 aromatic rings. The molecular formula is C21H29Cl4NO3. The summed E-state index contributed by atoms with van der Waals surface area (Å²) in [5.41, 5.74) is 1.04. The van der Waals surface area contributed by atoms with Gasteiger partial charge in [0.05, 0.1) is 22.4 Å². The summed E-state index contributed by atoms with van der Waals surface area (Å²) in [4.78, 5) is 5.35. The molecule has 0 unspecified atom stereocenters. The molecule has 29 heavy (non-hydrogen) atoms. The van der Waals surface area contributed by atoms with Gasteiger partial charge in [-0.3, -0.25) is 0 Å². The summed E-state index contributed by atoms with van der Waals surface area (Å²) in [5.74, 6) is 1.58. The van der Waals surface area contributed by atoms with Gasteiger partial charge in [0.25, 0.3) is 0 Å². The lowest BCUT2D eigenvalue weighted by atomic mass is 10.1. The molecule has 0 spiro atoms. The molecule has 4 nitrogen and oxygen atoms in total. The van der Waals surface area contributed by atoms with Crippen molar-refractivity contribution >= 4 is 52.1 Å². The van der Waals surface area contributed by atoms with Gasteiger partial charge in [0.2, 0.25) is 0 Å². The van der Waals surface area contributed by atoms with Crippen molar-refractivity contribution in [3.8, 4) is 11.5 Å². The third-order valence-corrected chi connectivity index (χ3v) is 4.63. The van der Waals surface area contributed by atoms with Crippen LogP contribution in [-0.4, -0.2) is 25.5 Å². The summed E-state index contributed by atoms with van der Waals surface area (Å²) in [6.07, 6.45) is 6.44. The van der Waals surface area contributed by atoms with Gasteiger partial charge in [0, 0.05) is 12.1 Å². The van der Waals surface area contributed by atoms with Crippen molar-refractivity contribution in [2.45, 2.75) is 52.9 Å². The average molecular weight is 485 g/mol. The Kier molecular flexibility index (Phi) is 13.6. The second-order valence-electron chi connectivity index (χ2n) is 7.04. The van der Waals surface area contributed by atoms with Crippen molar-refractivity contribution < 1.29 is 14.3 Å². The molecule has 0 saturated carbocycles. The number of unbranched alkanes of at least 4 members (excludes halogenated alkanes) is 3. The van der Waals surface area contributed by atoms with E-state index in [-0.39, 0.29) is 11.1 Å². The van der Waals surface area contributed by atoms with Crippen LogP contribution in [0.5, 0.6) is 11.5 Å². The minimum absolute atomic E-state index is 0.141. The standard InChI is InChI=1S/C21H29Cl4NO3/c1-15(2)12-16(3)26-29-10-7-5-4-6-9-28-21-18(22)13-17(14-19(21)23)27-11-8-20(24)25/h8,13-15H,4-7,9-12H2,1-3H3/b26-16+. The summed E-state index contributed by atoms with van der Waals surface area (Å²) in [6.45, 7) is 7.73. The highest BCUT2D eigenvalue weighted by molar-refractivity contribution is 6.55. The molecule has 0 heterocycles. The molecule has 8 heteroatoms. The van der Waals surface area contributed by atoms with Crippen molar-refractivity contribution in [2.24, 2.45) is 11.1 Å². The van der Waals surface area contributed by atoms with Crippen LogP contribution in [0.1, 0.15) is 52.9 Å². The number of rotatable bonds is 14. The maximum atomic E-state index is 6.24. The van der Waals surface area contributed by atoms with E-state index in [1.165, 1.54) is 6.08 Å². The Morgan fingerprint density at radius 3 is 2.21 bits per heavy atom. The van der Waals surface area contributed by atoms with Crippen LogP contribution in [-0.2, 0) is 4.84 Å². The van der Waals surface area contributed by atoms with E-state index in [2.05, 4.69) is 19.0 Å². The van der Waals surface area contributed by atoms with Gasteiger partial charge in [-0.1, -0.05) is 65.4 Å². The zero-order chi connectivity index (χ0) is 21.6. The van der Waals surface area contributed by atoms with Crippen LogP contribution in [0.4, 0.5) is 0 Å². The van der Waals surface area contributed by atoms with Gasteiger partial charge >= 0.3 is 0 Å². The van der Waals surface area contributed by atoms with E-state index < -0.39 is 0 Å². The molecule has 0 aliphatic heterocycles. The SMILES string of the molecule is C/C(CC(C)C)=N\OCCCCCCOc1c(Cl)cc(OCC=C(Cl)Cl)cc1Cl. The predicted molar refractivity (Wildman–Crippen MR) is 124 cm³/mol. The molecule has 1 rings (SSSR count). The monoisotopic (exact) mass is 483 g/mol. The van der Waals surface area contributed by atoms with Crippen LogP contribution in [0.2, 0.25) is 10.0 Å². The van der Waals surface area contributed by atoms with E-state index in [1.54, 1.807) is 12.1 Å². The number of hydrogen-bond acceptors (Lipinski definition) is 4. The number of nitrogens with zero attached hydrogens (tertiary/aromatic N) is 1. The normalized spacial score (nSPS) is 11.5. The molecule has 164 valence electrons. The molecule has 0 radical (unpaired) electrons.